The van der Waals surface area contributed by atoms with Gasteiger partial charge in [-0.2, -0.15) is 0 Å². The minimum atomic E-state index is -0.264. The van der Waals surface area contributed by atoms with Crippen molar-refractivity contribution in [3.8, 4) is 0 Å². The van der Waals surface area contributed by atoms with Crippen LogP contribution in [0.25, 0.3) is 6.08 Å². The third kappa shape index (κ3) is 3.45. The summed E-state index contributed by atoms with van der Waals surface area (Å²) in [5.41, 5.74) is 2.55. The molecule has 0 fully saturated rings. The Hall–Kier alpha value is -2.13. The number of anilines is 1. The first-order chi connectivity index (χ1) is 11.0. The Kier molecular flexibility index (Phi) is 4.49. The number of carbonyl (C=O) groups is 1. The summed E-state index contributed by atoms with van der Waals surface area (Å²) in [4.78, 5) is 14.4. The molecule has 1 aliphatic heterocycles. The molecular weight excluding hydrogens is 313 g/mol. The first-order valence-electron chi connectivity index (χ1n) is 7.60. The van der Waals surface area contributed by atoms with Crippen LogP contribution in [0.1, 0.15) is 24.5 Å². The highest BCUT2D eigenvalue weighted by molar-refractivity contribution is 6.30. The molecule has 0 saturated carbocycles. The fourth-order valence-corrected chi connectivity index (χ4v) is 3.11. The lowest BCUT2D eigenvalue weighted by Gasteiger charge is -2.34. The van der Waals surface area contributed by atoms with Crippen LogP contribution in [0, 0.1) is 5.82 Å². The van der Waals surface area contributed by atoms with Crippen molar-refractivity contribution in [3.05, 3.63) is 70.5 Å². The van der Waals surface area contributed by atoms with Crippen molar-refractivity contribution in [1.82, 2.24) is 0 Å². The normalized spacial score (nSPS) is 17.3. The van der Waals surface area contributed by atoms with E-state index in [1.165, 1.54) is 12.1 Å². The van der Waals surface area contributed by atoms with Crippen LogP contribution in [0.15, 0.2) is 48.5 Å². The molecule has 4 heteroatoms. The topological polar surface area (TPSA) is 20.3 Å². The molecule has 0 saturated heterocycles. The number of fused-ring (bicyclic) bond motifs is 1. The van der Waals surface area contributed by atoms with Gasteiger partial charge in [0.2, 0.25) is 0 Å². The van der Waals surface area contributed by atoms with Crippen molar-refractivity contribution in [3.63, 3.8) is 0 Å². The predicted octanol–water partition coefficient (Wildman–Crippen LogP) is 4.86. The summed E-state index contributed by atoms with van der Waals surface area (Å²) < 4.78 is 13.4. The van der Waals surface area contributed by atoms with Crippen LogP contribution in [0.4, 0.5) is 10.1 Å². The monoisotopic (exact) mass is 329 g/mol. The number of nitrogens with zero attached hydrogens (tertiary/aromatic N) is 1. The lowest BCUT2D eigenvalue weighted by molar-refractivity contribution is -0.114. The van der Waals surface area contributed by atoms with Crippen molar-refractivity contribution in [2.45, 2.75) is 25.8 Å². The molecule has 2 nitrogen and oxygen atoms in total. The third-order valence-electron chi connectivity index (χ3n) is 4.08. The second kappa shape index (κ2) is 6.55. The lowest BCUT2D eigenvalue weighted by atomic mass is 9.96. The molecule has 1 atom stereocenters. The number of benzene rings is 2. The van der Waals surface area contributed by atoms with Gasteiger partial charge in [-0.3, -0.25) is 4.79 Å². The molecule has 1 unspecified atom stereocenters. The Labute approximate surface area is 140 Å². The molecule has 2 aromatic carbocycles. The molecule has 2 aromatic rings. The van der Waals surface area contributed by atoms with E-state index in [4.69, 9.17) is 11.6 Å². The summed E-state index contributed by atoms with van der Waals surface area (Å²) >= 11 is 5.95. The number of halogens is 2. The zero-order chi connectivity index (χ0) is 16.4. The van der Waals surface area contributed by atoms with Crippen molar-refractivity contribution in [2.24, 2.45) is 0 Å². The highest BCUT2D eigenvalue weighted by Gasteiger charge is 2.27. The predicted molar refractivity (Wildman–Crippen MR) is 92.2 cm³/mol. The average Bonchev–Trinajstić information content (AvgIpc) is 2.53. The smallest absolute Gasteiger partial charge is 0.251 e. The Bertz CT molecular complexity index is 772. The molecule has 0 aromatic heterocycles. The number of carbonyl (C=O) groups excluding carboxylic acids is 1. The van der Waals surface area contributed by atoms with E-state index < -0.39 is 0 Å². The van der Waals surface area contributed by atoms with Crippen molar-refractivity contribution in [1.29, 1.82) is 0 Å². The molecule has 1 aliphatic rings. The fourth-order valence-electron chi connectivity index (χ4n) is 2.91. The third-order valence-corrected chi connectivity index (χ3v) is 4.31. The summed E-state index contributed by atoms with van der Waals surface area (Å²) in [5, 5.41) is 0.631. The first-order valence-corrected chi connectivity index (χ1v) is 7.97. The maximum absolute atomic E-state index is 13.4. The van der Waals surface area contributed by atoms with Gasteiger partial charge in [0.15, 0.2) is 0 Å². The van der Waals surface area contributed by atoms with Crippen molar-refractivity contribution < 1.29 is 9.18 Å². The fraction of sp³-hybridized carbons (Fsp3) is 0.211. The highest BCUT2D eigenvalue weighted by Crippen LogP contribution is 2.31. The Morgan fingerprint density at radius 1 is 1.30 bits per heavy atom. The van der Waals surface area contributed by atoms with Gasteiger partial charge in [0.1, 0.15) is 5.82 Å². The van der Waals surface area contributed by atoms with Gasteiger partial charge in [-0.25, -0.2) is 4.39 Å². The molecule has 0 N–H and O–H groups in total. The molecule has 0 aliphatic carbocycles. The Morgan fingerprint density at radius 3 is 2.91 bits per heavy atom. The molecule has 23 heavy (non-hydrogen) atoms. The van der Waals surface area contributed by atoms with E-state index in [0.29, 0.717) is 5.02 Å². The standard InChI is InChI=1S/C19H17ClFNO/c1-13-5-7-15-12-17(21)8-9-18(15)22(13)19(23)10-6-14-3-2-4-16(20)11-14/h2-4,6,8-13H,5,7H2,1H3. The van der Waals surface area contributed by atoms with Gasteiger partial charge in [0.05, 0.1) is 0 Å². The molecule has 1 amide bonds. The first kappa shape index (κ1) is 15.8. The van der Waals surface area contributed by atoms with Gasteiger partial charge >= 0.3 is 0 Å². The molecule has 1 heterocycles. The summed E-state index contributed by atoms with van der Waals surface area (Å²) in [6.45, 7) is 2.01. The SMILES string of the molecule is CC1CCc2cc(F)ccc2N1C(=O)C=Cc1cccc(Cl)c1. The van der Waals surface area contributed by atoms with Crippen LogP contribution in [0.3, 0.4) is 0 Å². The molecular formula is C19H17ClFNO. The van der Waals surface area contributed by atoms with Crippen molar-refractivity contribution in [2.75, 3.05) is 4.90 Å². The van der Waals surface area contributed by atoms with Crippen LogP contribution in [0.2, 0.25) is 5.02 Å². The van der Waals surface area contributed by atoms with Gasteiger partial charge in [-0.1, -0.05) is 23.7 Å². The van der Waals surface area contributed by atoms with Gasteiger partial charge in [-0.15, -0.1) is 0 Å². The average molecular weight is 330 g/mol. The Morgan fingerprint density at radius 2 is 2.13 bits per heavy atom. The second-order valence-electron chi connectivity index (χ2n) is 5.76. The van der Waals surface area contributed by atoms with E-state index in [1.807, 2.05) is 19.1 Å². The van der Waals surface area contributed by atoms with E-state index in [2.05, 4.69) is 0 Å². The summed E-state index contributed by atoms with van der Waals surface area (Å²) in [5.74, 6) is -0.370. The highest BCUT2D eigenvalue weighted by atomic mass is 35.5. The van der Waals surface area contributed by atoms with Crippen LogP contribution in [0.5, 0.6) is 0 Å². The number of amides is 1. The molecule has 118 valence electrons. The van der Waals surface area contributed by atoms with Gasteiger partial charge in [-0.05, 0) is 67.3 Å². The van der Waals surface area contributed by atoms with Crippen LogP contribution in [-0.2, 0) is 11.2 Å². The zero-order valence-electron chi connectivity index (χ0n) is 12.8. The van der Waals surface area contributed by atoms with E-state index in [-0.39, 0.29) is 17.8 Å². The second-order valence-corrected chi connectivity index (χ2v) is 6.19. The number of aryl methyl sites for hydroxylation is 1. The molecule has 0 bridgehead atoms. The molecule has 0 spiro atoms. The minimum absolute atomic E-state index is 0.0875. The quantitative estimate of drug-likeness (QED) is 0.720. The number of hydrogen-bond donors (Lipinski definition) is 0. The summed E-state index contributed by atoms with van der Waals surface area (Å²) in [7, 11) is 0. The summed E-state index contributed by atoms with van der Waals surface area (Å²) in [6, 6.07) is 12.0. The van der Waals surface area contributed by atoms with Gasteiger partial charge in [0.25, 0.3) is 5.91 Å². The van der Waals surface area contributed by atoms with Crippen LogP contribution in [-0.4, -0.2) is 11.9 Å². The summed E-state index contributed by atoms with van der Waals surface area (Å²) in [6.07, 6.45) is 4.91. The van der Waals surface area contributed by atoms with E-state index in [9.17, 15) is 9.18 Å². The largest absolute Gasteiger partial charge is 0.306 e. The van der Waals surface area contributed by atoms with Gasteiger partial charge in [0, 0.05) is 22.8 Å². The molecule has 0 radical (unpaired) electrons. The minimum Gasteiger partial charge on any atom is -0.306 e. The lowest BCUT2D eigenvalue weighted by Crippen LogP contribution is -2.41. The van der Waals surface area contributed by atoms with Crippen LogP contribution < -0.4 is 4.90 Å². The molecule has 3 rings (SSSR count). The van der Waals surface area contributed by atoms with Gasteiger partial charge < -0.3 is 4.90 Å². The van der Waals surface area contributed by atoms with E-state index in [1.54, 1.807) is 35.3 Å². The Balaban J connectivity index is 1.87. The number of hydrogen-bond acceptors (Lipinski definition) is 1. The van der Waals surface area contributed by atoms with Crippen molar-refractivity contribution >= 4 is 29.3 Å². The van der Waals surface area contributed by atoms with E-state index in [0.717, 1.165) is 29.7 Å². The number of rotatable bonds is 2. The van der Waals surface area contributed by atoms with E-state index >= 15 is 0 Å². The zero-order valence-corrected chi connectivity index (χ0v) is 13.6. The maximum Gasteiger partial charge on any atom is 0.251 e. The van der Waals surface area contributed by atoms with Crippen LogP contribution >= 0.6 is 11.6 Å². The maximum atomic E-state index is 13.4.